The molecule has 1 saturated carbocycles. The van der Waals surface area contributed by atoms with E-state index in [1.165, 1.54) is 31.2 Å². The first-order chi connectivity index (χ1) is 7.92. The molecule has 1 fully saturated rings. The monoisotopic (exact) mass is 208 g/mol. The van der Waals surface area contributed by atoms with Crippen molar-refractivity contribution in [2.24, 2.45) is 0 Å². The molecule has 3 aliphatic carbocycles. The van der Waals surface area contributed by atoms with Crippen LogP contribution in [0.1, 0.15) is 48.6 Å². The van der Waals surface area contributed by atoms with Crippen LogP contribution in [0.5, 0.6) is 0 Å². The third kappa shape index (κ3) is 1.22. The van der Waals surface area contributed by atoms with E-state index in [9.17, 15) is 0 Å². The Morgan fingerprint density at radius 1 is 0.812 bits per heavy atom. The molecule has 1 aromatic carbocycles. The minimum absolute atomic E-state index is 0.702. The Kier molecular flexibility index (Phi) is 1.71. The first kappa shape index (κ1) is 8.81. The van der Waals surface area contributed by atoms with Gasteiger partial charge in [0.15, 0.2) is 0 Å². The standard InChI is InChI=1S/C16H16/c1-2-11(1)12-3-5-13(6-4-12)15-9-7-14-8-10-16(14)15/h3-6,8,10-11,15H,1-2,7,9H2. The minimum atomic E-state index is 0.702. The Hall–Kier alpha value is -1.30. The molecule has 80 valence electrons. The van der Waals surface area contributed by atoms with E-state index in [0.717, 1.165) is 5.92 Å². The molecule has 0 saturated heterocycles. The summed E-state index contributed by atoms with van der Waals surface area (Å²) in [7, 11) is 0. The predicted octanol–water partition coefficient (Wildman–Crippen LogP) is 4.31. The van der Waals surface area contributed by atoms with Crippen molar-refractivity contribution < 1.29 is 0 Å². The molecular weight excluding hydrogens is 192 g/mol. The molecule has 16 heavy (non-hydrogen) atoms. The molecule has 0 nitrogen and oxygen atoms in total. The van der Waals surface area contributed by atoms with Gasteiger partial charge in [-0.1, -0.05) is 36.4 Å². The van der Waals surface area contributed by atoms with Crippen LogP contribution in [-0.4, -0.2) is 0 Å². The lowest BCUT2D eigenvalue weighted by molar-refractivity contribution is 0.783. The van der Waals surface area contributed by atoms with E-state index in [1.54, 1.807) is 16.7 Å². The summed E-state index contributed by atoms with van der Waals surface area (Å²) in [4.78, 5) is 0. The fraction of sp³-hybridized carbons (Fsp3) is 0.375. The van der Waals surface area contributed by atoms with Crippen molar-refractivity contribution in [2.75, 3.05) is 0 Å². The smallest absolute Gasteiger partial charge is 0.00952 e. The molecule has 0 amide bonds. The van der Waals surface area contributed by atoms with Crippen LogP contribution in [0.15, 0.2) is 47.6 Å². The first-order valence-corrected chi connectivity index (χ1v) is 6.43. The van der Waals surface area contributed by atoms with Gasteiger partial charge in [-0.25, -0.2) is 0 Å². The van der Waals surface area contributed by atoms with Gasteiger partial charge in [0.05, 0.1) is 0 Å². The van der Waals surface area contributed by atoms with E-state index in [4.69, 9.17) is 0 Å². The van der Waals surface area contributed by atoms with E-state index >= 15 is 0 Å². The SMILES string of the molecule is C1=CC2=C1CCC2c1ccc(C2CC2)cc1. The van der Waals surface area contributed by atoms with Crippen LogP contribution in [0, 0.1) is 0 Å². The highest BCUT2D eigenvalue weighted by Gasteiger charge is 2.28. The van der Waals surface area contributed by atoms with Crippen molar-refractivity contribution in [3.8, 4) is 0 Å². The van der Waals surface area contributed by atoms with Crippen molar-refractivity contribution in [2.45, 2.75) is 37.5 Å². The van der Waals surface area contributed by atoms with Gasteiger partial charge in [0.25, 0.3) is 0 Å². The molecule has 1 unspecified atom stereocenters. The van der Waals surface area contributed by atoms with Crippen LogP contribution in [0.25, 0.3) is 0 Å². The van der Waals surface area contributed by atoms with E-state index in [1.807, 2.05) is 0 Å². The molecular formula is C16H16. The average molecular weight is 208 g/mol. The van der Waals surface area contributed by atoms with Crippen LogP contribution >= 0.6 is 0 Å². The van der Waals surface area contributed by atoms with E-state index < -0.39 is 0 Å². The lowest BCUT2D eigenvalue weighted by Crippen LogP contribution is -1.99. The van der Waals surface area contributed by atoms with Gasteiger partial charge in [-0.3, -0.25) is 0 Å². The fourth-order valence-electron chi connectivity index (χ4n) is 3.08. The topological polar surface area (TPSA) is 0 Å². The summed E-state index contributed by atoms with van der Waals surface area (Å²) < 4.78 is 0. The third-order valence-electron chi connectivity index (χ3n) is 4.30. The summed E-state index contributed by atoms with van der Waals surface area (Å²) in [5, 5.41) is 0. The molecule has 1 atom stereocenters. The molecule has 0 bridgehead atoms. The number of hydrogen-bond acceptors (Lipinski definition) is 0. The number of allylic oxidation sites excluding steroid dienone is 4. The maximum absolute atomic E-state index is 2.36. The summed E-state index contributed by atoms with van der Waals surface area (Å²) >= 11 is 0. The van der Waals surface area contributed by atoms with Gasteiger partial charge in [-0.15, -0.1) is 0 Å². The van der Waals surface area contributed by atoms with Crippen molar-refractivity contribution in [3.05, 3.63) is 58.7 Å². The Morgan fingerprint density at radius 2 is 1.56 bits per heavy atom. The third-order valence-corrected chi connectivity index (χ3v) is 4.30. The Morgan fingerprint density at radius 3 is 2.12 bits per heavy atom. The van der Waals surface area contributed by atoms with E-state index in [0.29, 0.717) is 5.92 Å². The molecule has 0 radical (unpaired) electrons. The van der Waals surface area contributed by atoms with Gasteiger partial charge >= 0.3 is 0 Å². The molecule has 0 spiro atoms. The van der Waals surface area contributed by atoms with Crippen molar-refractivity contribution in [3.63, 3.8) is 0 Å². The first-order valence-electron chi connectivity index (χ1n) is 6.43. The fourth-order valence-corrected chi connectivity index (χ4v) is 3.08. The second-order valence-electron chi connectivity index (χ2n) is 5.35. The lowest BCUT2D eigenvalue weighted by Gasteiger charge is -2.16. The van der Waals surface area contributed by atoms with Crippen molar-refractivity contribution in [1.29, 1.82) is 0 Å². The second-order valence-corrected chi connectivity index (χ2v) is 5.35. The zero-order valence-corrected chi connectivity index (χ0v) is 9.45. The average Bonchev–Trinajstić information content (AvgIpc) is 3.06. The molecule has 1 aromatic rings. The highest BCUT2D eigenvalue weighted by Crippen LogP contribution is 2.46. The maximum Gasteiger partial charge on any atom is 0.00952 e. The van der Waals surface area contributed by atoms with Crippen LogP contribution in [-0.2, 0) is 0 Å². The van der Waals surface area contributed by atoms with Crippen molar-refractivity contribution >= 4 is 0 Å². The molecule has 0 heteroatoms. The van der Waals surface area contributed by atoms with Gasteiger partial charge in [0.1, 0.15) is 0 Å². The highest BCUT2D eigenvalue weighted by atomic mass is 14.3. The number of hydrogen-bond donors (Lipinski definition) is 0. The van der Waals surface area contributed by atoms with Crippen LogP contribution in [0.4, 0.5) is 0 Å². The molecule has 3 aliphatic rings. The predicted molar refractivity (Wildman–Crippen MR) is 66.6 cm³/mol. The van der Waals surface area contributed by atoms with Crippen LogP contribution in [0.2, 0.25) is 0 Å². The normalized spacial score (nSPS) is 26.9. The Labute approximate surface area is 96.7 Å². The van der Waals surface area contributed by atoms with Gasteiger partial charge in [0.2, 0.25) is 0 Å². The molecule has 0 N–H and O–H groups in total. The zero-order chi connectivity index (χ0) is 10.5. The molecule has 0 aromatic heterocycles. The highest BCUT2D eigenvalue weighted by molar-refractivity contribution is 5.54. The summed E-state index contributed by atoms with van der Waals surface area (Å²) in [6, 6.07) is 9.43. The van der Waals surface area contributed by atoms with Crippen LogP contribution in [0.3, 0.4) is 0 Å². The number of rotatable bonds is 2. The van der Waals surface area contributed by atoms with Gasteiger partial charge < -0.3 is 0 Å². The number of benzene rings is 1. The maximum atomic E-state index is 2.36. The minimum Gasteiger partial charge on any atom is -0.0585 e. The van der Waals surface area contributed by atoms with Gasteiger partial charge in [-0.2, -0.15) is 0 Å². The van der Waals surface area contributed by atoms with E-state index in [-0.39, 0.29) is 0 Å². The summed E-state index contributed by atoms with van der Waals surface area (Å²) in [5.41, 5.74) is 6.30. The van der Waals surface area contributed by atoms with Crippen LogP contribution < -0.4 is 0 Å². The molecule has 0 heterocycles. The van der Waals surface area contributed by atoms with Gasteiger partial charge in [0, 0.05) is 5.92 Å². The Balaban J connectivity index is 1.63. The van der Waals surface area contributed by atoms with Gasteiger partial charge in [-0.05, 0) is 53.9 Å². The molecule has 4 rings (SSSR count). The zero-order valence-electron chi connectivity index (χ0n) is 9.45. The summed E-state index contributed by atoms with van der Waals surface area (Å²) in [6.45, 7) is 0. The van der Waals surface area contributed by atoms with E-state index in [2.05, 4.69) is 36.4 Å². The Bertz CT molecular complexity index is 483. The lowest BCUT2D eigenvalue weighted by atomic mass is 9.88. The quantitative estimate of drug-likeness (QED) is 0.679. The largest absolute Gasteiger partial charge is 0.0585 e. The summed E-state index contributed by atoms with van der Waals surface area (Å²) in [6.07, 6.45) is 10.0. The summed E-state index contributed by atoms with van der Waals surface area (Å²) in [5.74, 6) is 1.59. The second kappa shape index (κ2) is 3.10. The molecule has 0 aliphatic heterocycles. The van der Waals surface area contributed by atoms with Crippen molar-refractivity contribution in [1.82, 2.24) is 0 Å².